The van der Waals surface area contributed by atoms with Crippen LogP contribution in [0.1, 0.15) is 32.8 Å². The van der Waals surface area contributed by atoms with Crippen molar-refractivity contribution < 1.29 is 14.4 Å². The molecule has 1 fully saturated rings. The molecule has 2 rings (SSSR count). The first-order valence-electron chi connectivity index (χ1n) is 7.91. The van der Waals surface area contributed by atoms with Gasteiger partial charge in [0.05, 0.1) is 0 Å². The topological polar surface area (TPSA) is 78.5 Å². The van der Waals surface area contributed by atoms with Crippen molar-refractivity contribution in [3.8, 4) is 0 Å². The molecule has 0 aromatic heterocycles. The van der Waals surface area contributed by atoms with Gasteiger partial charge < -0.3 is 10.6 Å². The van der Waals surface area contributed by atoms with Gasteiger partial charge >= 0.3 is 6.03 Å². The number of imide groups is 1. The van der Waals surface area contributed by atoms with Gasteiger partial charge in [0.1, 0.15) is 12.1 Å². The normalized spacial score (nSPS) is 20.5. The van der Waals surface area contributed by atoms with Gasteiger partial charge in [-0.15, -0.1) is 0 Å². The first kappa shape index (κ1) is 18.4. The van der Waals surface area contributed by atoms with Crippen LogP contribution in [-0.2, 0) is 15.1 Å². The molecule has 1 aliphatic rings. The molecule has 1 heterocycles. The lowest BCUT2D eigenvalue weighted by atomic mass is 9.92. The van der Waals surface area contributed by atoms with Gasteiger partial charge in [0, 0.05) is 11.0 Å². The zero-order valence-electron chi connectivity index (χ0n) is 14.1. The fourth-order valence-electron chi connectivity index (χ4n) is 2.54. The van der Waals surface area contributed by atoms with Crippen LogP contribution < -0.4 is 10.6 Å². The van der Waals surface area contributed by atoms with Crippen LogP contribution in [0.5, 0.6) is 0 Å². The van der Waals surface area contributed by atoms with Crippen LogP contribution in [0.4, 0.5) is 4.79 Å². The molecule has 1 atom stereocenters. The van der Waals surface area contributed by atoms with Crippen molar-refractivity contribution in [2.75, 3.05) is 13.1 Å². The number of urea groups is 1. The second-order valence-electron chi connectivity index (χ2n) is 6.49. The minimum atomic E-state index is -1.17. The standard InChI is InChI=1S/C17H22BrN3O3/c1-11(2)7-8-19-14(22)10-21-15(23)17(3,20-16(21)24)12-5-4-6-13(18)9-12/h4-6,9,11H,7-8,10H2,1-3H3,(H,19,22)(H,20,24). The van der Waals surface area contributed by atoms with Crippen molar-refractivity contribution in [1.82, 2.24) is 15.5 Å². The average Bonchev–Trinajstić information content (AvgIpc) is 2.71. The molecule has 7 heteroatoms. The van der Waals surface area contributed by atoms with Crippen LogP contribution in [0, 0.1) is 5.92 Å². The van der Waals surface area contributed by atoms with E-state index >= 15 is 0 Å². The van der Waals surface area contributed by atoms with Gasteiger partial charge in [0.25, 0.3) is 5.91 Å². The van der Waals surface area contributed by atoms with Crippen LogP contribution >= 0.6 is 15.9 Å². The molecule has 0 saturated carbocycles. The number of nitrogens with one attached hydrogen (secondary N) is 2. The Morgan fingerprint density at radius 2 is 2.08 bits per heavy atom. The monoisotopic (exact) mass is 395 g/mol. The zero-order chi connectivity index (χ0) is 17.9. The minimum Gasteiger partial charge on any atom is -0.355 e. The Balaban J connectivity index is 2.07. The minimum absolute atomic E-state index is 0.271. The van der Waals surface area contributed by atoms with E-state index in [9.17, 15) is 14.4 Å². The summed E-state index contributed by atoms with van der Waals surface area (Å²) in [5, 5.41) is 5.43. The number of carbonyl (C=O) groups excluding carboxylic acids is 3. The molecular formula is C17H22BrN3O3. The molecule has 24 heavy (non-hydrogen) atoms. The Bertz CT molecular complexity index is 662. The van der Waals surface area contributed by atoms with Gasteiger partial charge in [-0.3, -0.25) is 14.5 Å². The summed E-state index contributed by atoms with van der Waals surface area (Å²) in [5.41, 5.74) is -0.503. The van der Waals surface area contributed by atoms with Crippen molar-refractivity contribution in [2.45, 2.75) is 32.7 Å². The Morgan fingerprint density at radius 3 is 2.71 bits per heavy atom. The number of amides is 4. The van der Waals surface area contributed by atoms with Gasteiger partial charge in [-0.2, -0.15) is 0 Å². The molecule has 1 aromatic carbocycles. The SMILES string of the molecule is CC(C)CCNC(=O)CN1C(=O)NC(C)(c2cccc(Br)c2)C1=O. The van der Waals surface area contributed by atoms with E-state index in [1.54, 1.807) is 25.1 Å². The third-order valence-corrected chi connectivity index (χ3v) is 4.52. The van der Waals surface area contributed by atoms with Gasteiger partial charge in [0.2, 0.25) is 5.91 Å². The molecule has 0 aliphatic carbocycles. The van der Waals surface area contributed by atoms with Crippen molar-refractivity contribution >= 4 is 33.8 Å². The third-order valence-electron chi connectivity index (χ3n) is 4.02. The fourth-order valence-corrected chi connectivity index (χ4v) is 2.93. The fraction of sp³-hybridized carbons (Fsp3) is 0.471. The summed E-state index contributed by atoms with van der Waals surface area (Å²) in [6.07, 6.45) is 0.849. The maximum absolute atomic E-state index is 12.7. The number of halogens is 1. The van der Waals surface area contributed by atoms with Crippen molar-refractivity contribution in [2.24, 2.45) is 5.92 Å². The molecule has 130 valence electrons. The van der Waals surface area contributed by atoms with Crippen LogP contribution in [0.15, 0.2) is 28.7 Å². The highest BCUT2D eigenvalue weighted by Crippen LogP contribution is 2.30. The second-order valence-corrected chi connectivity index (χ2v) is 7.40. The highest BCUT2D eigenvalue weighted by atomic mass is 79.9. The maximum Gasteiger partial charge on any atom is 0.325 e. The van der Waals surface area contributed by atoms with Gasteiger partial charge in [-0.05, 0) is 37.0 Å². The van der Waals surface area contributed by atoms with Crippen molar-refractivity contribution in [3.05, 3.63) is 34.3 Å². The quantitative estimate of drug-likeness (QED) is 0.725. The van der Waals surface area contributed by atoms with E-state index in [1.807, 2.05) is 6.07 Å². The predicted molar refractivity (Wildman–Crippen MR) is 94.2 cm³/mol. The summed E-state index contributed by atoms with van der Waals surface area (Å²) < 4.78 is 0.813. The van der Waals surface area contributed by atoms with Crippen LogP contribution in [0.3, 0.4) is 0 Å². The molecule has 1 saturated heterocycles. The first-order valence-corrected chi connectivity index (χ1v) is 8.70. The van der Waals surface area contributed by atoms with Gasteiger partial charge in [0.15, 0.2) is 0 Å². The highest BCUT2D eigenvalue weighted by Gasteiger charge is 2.49. The summed E-state index contributed by atoms with van der Waals surface area (Å²) in [4.78, 5) is 37.8. The number of rotatable bonds is 6. The number of hydrogen-bond acceptors (Lipinski definition) is 3. The molecule has 1 aromatic rings. The zero-order valence-corrected chi connectivity index (χ0v) is 15.6. The summed E-state index contributed by atoms with van der Waals surface area (Å²) >= 11 is 3.36. The van der Waals surface area contributed by atoms with Crippen LogP contribution in [0.25, 0.3) is 0 Å². The van der Waals surface area contributed by atoms with E-state index in [-0.39, 0.29) is 12.5 Å². The number of benzene rings is 1. The largest absolute Gasteiger partial charge is 0.355 e. The van der Waals surface area contributed by atoms with E-state index in [1.165, 1.54) is 0 Å². The molecule has 4 amide bonds. The summed E-state index contributed by atoms with van der Waals surface area (Å²) in [5.74, 6) is -0.288. The maximum atomic E-state index is 12.7. The van der Waals surface area contributed by atoms with E-state index in [4.69, 9.17) is 0 Å². The van der Waals surface area contributed by atoms with E-state index in [2.05, 4.69) is 40.4 Å². The average molecular weight is 396 g/mol. The van der Waals surface area contributed by atoms with Crippen LogP contribution in [0.2, 0.25) is 0 Å². The highest BCUT2D eigenvalue weighted by molar-refractivity contribution is 9.10. The van der Waals surface area contributed by atoms with E-state index < -0.39 is 17.5 Å². The van der Waals surface area contributed by atoms with Gasteiger partial charge in [-0.1, -0.05) is 41.9 Å². The molecule has 0 bridgehead atoms. The number of carbonyl (C=O) groups is 3. The molecule has 1 aliphatic heterocycles. The number of hydrogen-bond donors (Lipinski definition) is 2. The molecule has 0 radical (unpaired) electrons. The van der Waals surface area contributed by atoms with Crippen LogP contribution in [-0.4, -0.2) is 35.8 Å². The van der Waals surface area contributed by atoms with E-state index in [0.717, 1.165) is 15.8 Å². The molecular weight excluding hydrogens is 374 g/mol. The number of nitrogens with zero attached hydrogens (tertiary/aromatic N) is 1. The predicted octanol–water partition coefficient (Wildman–Crippen LogP) is 2.38. The second kappa shape index (κ2) is 7.34. The third kappa shape index (κ3) is 3.95. The van der Waals surface area contributed by atoms with Crippen molar-refractivity contribution in [1.29, 1.82) is 0 Å². The summed E-state index contributed by atoms with van der Waals surface area (Å²) in [7, 11) is 0. The van der Waals surface area contributed by atoms with Gasteiger partial charge in [-0.25, -0.2) is 4.79 Å². The molecule has 1 unspecified atom stereocenters. The van der Waals surface area contributed by atoms with E-state index in [0.29, 0.717) is 18.0 Å². The lowest BCUT2D eigenvalue weighted by molar-refractivity contribution is -0.134. The Morgan fingerprint density at radius 1 is 1.38 bits per heavy atom. The lowest BCUT2D eigenvalue weighted by Gasteiger charge is -2.22. The molecule has 0 spiro atoms. The van der Waals surface area contributed by atoms with Crippen molar-refractivity contribution in [3.63, 3.8) is 0 Å². The summed E-state index contributed by atoms with van der Waals surface area (Å²) in [6.45, 7) is 6.03. The Labute approximate surface area is 150 Å². The lowest BCUT2D eigenvalue weighted by Crippen LogP contribution is -2.43. The smallest absolute Gasteiger partial charge is 0.325 e. The molecule has 6 nitrogen and oxygen atoms in total. The molecule has 2 N–H and O–H groups in total. The summed E-state index contributed by atoms with van der Waals surface area (Å²) in [6, 6.07) is 6.64. The Hall–Kier alpha value is -1.89. The first-order chi connectivity index (χ1) is 11.2. The Kier molecular flexibility index (Phi) is 5.64.